The Morgan fingerprint density at radius 1 is 1.53 bits per heavy atom. The number of nitrogens with one attached hydrogen (secondary N) is 1. The first-order valence-corrected chi connectivity index (χ1v) is 6.33. The molecule has 0 unspecified atom stereocenters. The standard InChI is InChI=1S/C14H21N3/c1-11(2)14(4-5-14)10-16-8-12-6-13(7-15)17(3)9-12/h6,9,11,16H,4-5,8,10H2,1-3H3. The molecule has 1 aromatic rings. The van der Waals surface area contributed by atoms with Crippen LogP contribution in [0.15, 0.2) is 12.3 Å². The Bertz CT molecular complexity index is 433. The van der Waals surface area contributed by atoms with Crippen LogP contribution in [0.5, 0.6) is 0 Å². The van der Waals surface area contributed by atoms with Crippen molar-refractivity contribution >= 4 is 0 Å². The molecule has 0 spiro atoms. The number of hydrogen-bond donors (Lipinski definition) is 1. The molecule has 0 saturated heterocycles. The van der Waals surface area contributed by atoms with E-state index in [1.165, 1.54) is 18.4 Å². The van der Waals surface area contributed by atoms with E-state index in [1.54, 1.807) is 0 Å². The van der Waals surface area contributed by atoms with Crippen molar-refractivity contribution in [1.82, 2.24) is 9.88 Å². The van der Waals surface area contributed by atoms with Gasteiger partial charge >= 0.3 is 0 Å². The first kappa shape index (κ1) is 12.2. The summed E-state index contributed by atoms with van der Waals surface area (Å²) < 4.78 is 1.88. The highest BCUT2D eigenvalue weighted by atomic mass is 14.9. The Morgan fingerprint density at radius 2 is 2.24 bits per heavy atom. The van der Waals surface area contributed by atoms with Gasteiger partial charge in [0.1, 0.15) is 11.8 Å². The van der Waals surface area contributed by atoms with Gasteiger partial charge in [-0.2, -0.15) is 5.26 Å². The van der Waals surface area contributed by atoms with E-state index in [9.17, 15) is 0 Å². The van der Waals surface area contributed by atoms with E-state index in [-0.39, 0.29) is 0 Å². The lowest BCUT2D eigenvalue weighted by atomic mass is 9.92. The molecule has 3 heteroatoms. The van der Waals surface area contributed by atoms with E-state index in [2.05, 4.69) is 25.2 Å². The molecule has 1 fully saturated rings. The Kier molecular flexibility index (Phi) is 3.26. The van der Waals surface area contributed by atoms with Gasteiger partial charge in [0.15, 0.2) is 0 Å². The summed E-state index contributed by atoms with van der Waals surface area (Å²) in [5.74, 6) is 0.764. The van der Waals surface area contributed by atoms with Gasteiger partial charge < -0.3 is 9.88 Å². The lowest BCUT2D eigenvalue weighted by molar-refractivity contribution is 0.338. The third kappa shape index (κ3) is 2.53. The van der Waals surface area contributed by atoms with E-state index < -0.39 is 0 Å². The summed E-state index contributed by atoms with van der Waals surface area (Å²) >= 11 is 0. The van der Waals surface area contributed by atoms with Gasteiger partial charge in [0.05, 0.1) is 0 Å². The van der Waals surface area contributed by atoms with E-state index in [4.69, 9.17) is 5.26 Å². The fraction of sp³-hybridized carbons (Fsp3) is 0.643. The summed E-state index contributed by atoms with van der Waals surface area (Å²) in [4.78, 5) is 0. The number of aromatic nitrogens is 1. The average Bonchev–Trinajstić information content (AvgIpc) is 2.98. The van der Waals surface area contributed by atoms with Gasteiger partial charge in [-0.1, -0.05) is 13.8 Å². The van der Waals surface area contributed by atoms with Crippen LogP contribution in [0.2, 0.25) is 0 Å². The molecule has 92 valence electrons. The number of nitrogens with zero attached hydrogens (tertiary/aromatic N) is 2. The van der Waals surface area contributed by atoms with Crippen molar-refractivity contribution in [2.24, 2.45) is 18.4 Å². The Morgan fingerprint density at radius 3 is 2.71 bits per heavy atom. The molecule has 0 aromatic carbocycles. The van der Waals surface area contributed by atoms with E-state index in [0.29, 0.717) is 5.41 Å². The van der Waals surface area contributed by atoms with Crippen LogP contribution >= 0.6 is 0 Å². The molecule has 3 nitrogen and oxygen atoms in total. The molecule has 1 aliphatic rings. The fourth-order valence-electron chi connectivity index (χ4n) is 2.42. The van der Waals surface area contributed by atoms with Crippen LogP contribution in [-0.4, -0.2) is 11.1 Å². The molecular formula is C14H21N3. The van der Waals surface area contributed by atoms with E-state index in [1.807, 2.05) is 23.9 Å². The quantitative estimate of drug-likeness (QED) is 0.845. The minimum absolute atomic E-state index is 0.548. The predicted octanol–water partition coefficient (Wildman–Crippen LogP) is 2.42. The topological polar surface area (TPSA) is 40.8 Å². The number of aryl methyl sites for hydroxylation is 1. The van der Waals surface area contributed by atoms with E-state index >= 15 is 0 Å². The predicted molar refractivity (Wildman–Crippen MR) is 68.3 cm³/mol. The van der Waals surface area contributed by atoms with Crippen LogP contribution in [0.25, 0.3) is 0 Å². The van der Waals surface area contributed by atoms with E-state index in [0.717, 1.165) is 24.7 Å². The molecule has 0 aliphatic heterocycles. The van der Waals surface area contributed by atoms with Crippen LogP contribution < -0.4 is 5.32 Å². The van der Waals surface area contributed by atoms with Gasteiger partial charge in [-0.15, -0.1) is 0 Å². The summed E-state index contributed by atoms with van der Waals surface area (Å²) in [6.07, 6.45) is 4.74. The zero-order chi connectivity index (χ0) is 12.5. The molecule has 0 atom stereocenters. The Labute approximate surface area is 103 Å². The average molecular weight is 231 g/mol. The first-order chi connectivity index (χ1) is 8.07. The molecule has 1 saturated carbocycles. The van der Waals surface area contributed by atoms with Crippen molar-refractivity contribution < 1.29 is 0 Å². The maximum atomic E-state index is 8.88. The minimum Gasteiger partial charge on any atom is -0.342 e. The first-order valence-electron chi connectivity index (χ1n) is 6.33. The highest BCUT2D eigenvalue weighted by Crippen LogP contribution is 2.51. The summed E-state index contributed by atoms with van der Waals surface area (Å²) in [5.41, 5.74) is 2.47. The Hall–Kier alpha value is -1.27. The number of rotatable bonds is 5. The van der Waals surface area contributed by atoms with Gasteiger partial charge in [-0.3, -0.25) is 0 Å². The fourth-order valence-corrected chi connectivity index (χ4v) is 2.42. The highest BCUT2D eigenvalue weighted by molar-refractivity contribution is 5.28. The van der Waals surface area contributed by atoms with Crippen LogP contribution in [0, 0.1) is 22.7 Å². The van der Waals surface area contributed by atoms with Gasteiger partial charge in [-0.25, -0.2) is 0 Å². The third-order valence-corrected chi connectivity index (χ3v) is 4.10. The molecule has 0 radical (unpaired) electrons. The summed E-state index contributed by atoms with van der Waals surface area (Å²) in [7, 11) is 1.92. The lowest BCUT2D eigenvalue weighted by Gasteiger charge is -2.19. The largest absolute Gasteiger partial charge is 0.342 e. The second kappa shape index (κ2) is 4.54. The Balaban J connectivity index is 1.85. The van der Waals surface area contributed by atoms with Gasteiger partial charge in [-0.05, 0) is 35.8 Å². The summed E-state index contributed by atoms with van der Waals surface area (Å²) in [6.45, 7) is 6.58. The van der Waals surface area contributed by atoms with Gasteiger partial charge in [0.25, 0.3) is 0 Å². The second-order valence-corrected chi connectivity index (χ2v) is 5.58. The molecule has 1 aromatic heterocycles. The number of hydrogen-bond acceptors (Lipinski definition) is 2. The third-order valence-electron chi connectivity index (χ3n) is 4.10. The van der Waals surface area contributed by atoms with Crippen LogP contribution in [0.1, 0.15) is 37.9 Å². The van der Waals surface area contributed by atoms with Crippen molar-refractivity contribution in [3.63, 3.8) is 0 Å². The normalized spacial score (nSPS) is 17.1. The van der Waals surface area contributed by atoms with Crippen LogP contribution in [0.4, 0.5) is 0 Å². The maximum absolute atomic E-state index is 8.88. The molecule has 17 heavy (non-hydrogen) atoms. The lowest BCUT2D eigenvalue weighted by Crippen LogP contribution is -2.27. The minimum atomic E-state index is 0.548. The number of nitriles is 1. The molecule has 1 N–H and O–H groups in total. The summed E-state index contributed by atoms with van der Waals surface area (Å²) in [6, 6.07) is 4.15. The molecule has 0 bridgehead atoms. The zero-order valence-corrected chi connectivity index (χ0v) is 11.0. The van der Waals surface area contributed by atoms with Crippen LogP contribution in [0.3, 0.4) is 0 Å². The zero-order valence-electron chi connectivity index (χ0n) is 11.0. The SMILES string of the molecule is CC(C)C1(CNCc2cc(C#N)n(C)c2)CC1. The smallest absolute Gasteiger partial charge is 0.120 e. The summed E-state index contributed by atoms with van der Waals surface area (Å²) in [5, 5.41) is 12.4. The maximum Gasteiger partial charge on any atom is 0.120 e. The molecule has 1 heterocycles. The van der Waals surface area contributed by atoms with Crippen molar-refractivity contribution in [2.45, 2.75) is 33.2 Å². The monoisotopic (exact) mass is 231 g/mol. The van der Waals surface area contributed by atoms with Crippen molar-refractivity contribution in [2.75, 3.05) is 6.54 Å². The van der Waals surface area contributed by atoms with Crippen molar-refractivity contribution in [3.05, 3.63) is 23.5 Å². The molecule has 2 rings (SSSR count). The molecule has 1 aliphatic carbocycles. The van der Waals surface area contributed by atoms with Crippen molar-refractivity contribution in [1.29, 1.82) is 5.26 Å². The highest BCUT2D eigenvalue weighted by Gasteiger charge is 2.44. The molecular weight excluding hydrogens is 210 g/mol. The second-order valence-electron chi connectivity index (χ2n) is 5.58. The molecule has 0 amide bonds. The van der Waals surface area contributed by atoms with Gasteiger partial charge in [0.2, 0.25) is 0 Å². The van der Waals surface area contributed by atoms with Crippen molar-refractivity contribution in [3.8, 4) is 6.07 Å². The van der Waals surface area contributed by atoms with Gasteiger partial charge in [0, 0.05) is 26.3 Å². The van der Waals surface area contributed by atoms with Crippen LogP contribution in [-0.2, 0) is 13.6 Å².